The first-order valence-corrected chi connectivity index (χ1v) is 8.80. The molecule has 1 aromatic carbocycles. The predicted molar refractivity (Wildman–Crippen MR) is 101 cm³/mol. The summed E-state index contributed by atoms with van der Waals surface area (Å²) in [6, 6.07) is 8.54. The van der Waals surface area contributed by atoms with E-state index in [4.69, 9.17) is 0 Å². The van der Waals surface area contributed by atoms with Crippen molar-refractivity contribution >= 4 is 23.2 Å². The van der Waals surface area contributed by atoms with Crippen LogP contribution in [0.25, 0.3) is 0 Å². The number of amides is 1. The Morgan fingerprint density at radius 3 is 2.44 bits per heavy atom. The minimum atomic E-state index is -0.373. The lowest BCUT2D eigenvalue weighted by molar-refractivity contribution is -0.384. The number of hydrogen-bond acceptors (Lipinski definition) is 7. The highest BCUT2D eigenvalue weighted by molar-refractivity contribution is 5.80. The first-order chi connectivity index (χ1) is 12.9. The second kappa shape index (κ2) is 7.98. The molecule has 9 heteroatoms. The molecule has 1 aliphatic rings. The standard InChI is InChI=1S/C18H22N6O3/c1-12-11-13(2)20-18(19-12)22-21-17(25)14-7-9-23(10-8-14)15-5-3-4-6-16(15)24(26)27/h3-6,11,14H,7-10H2,1-2H3,(H,21,25)(H,19,20,22). The maximum atomic E-state index is 12.4. The van der Waals surface area contributed by atoms with Gasteiger partial charge in [-0.1, -0.05) is 12.1 Å². The summed E-state index contributed by atoms with van der Waals surface area (Å²) in [5, 5.41) is 11.2. The van der Waals surface area contributed by atoms with Crippen LogP contribution in [-0.4, -0.2) is 33.9 Å². The number of carbonyl (C=O) groups is 1. The topological polar surface area (TPSA) is 113 Å². The Hall–Kier alpha value is -3.23. The van der Waals surface area contributed by atoms with Gasteiger partial charge in [0.05, 0.1) is 4.92 Å². The third-order valence-electron chi connectivity index (χ3n) is 4.56. The number of carbonyl (C=O) groups excluding carboxylic acids is 1. The van der Waals surface area contributed by atoms with Gasteiger partial charge < -0.3 is 4.90 Å². The highest BCUT2D eigenvalue weighted by Gasteiger charge is 2.28. The Morgan fingerprint density at radius 1 is 1.19 bits per heavy atom. The Kier molecular flexibility index (Phi) is 5.49. The van der Waals surface area contributed by atoms with Crippen LogP contribution in [0.5, 0.6) is 0 Å². The van der Waals surface area contributed by atoms with Crippen LogP contribution in [0.15, 0.2) is 30.3 Å². The minimum absolute atomic E-state index is 0.0917. The summed E-state index contributed by atoms with van der Waals surface area (Å²) in [4.78, 5) is 33.6. The summed E-state index contributed by atoms with van der Waals surface area (Å²) in [7, 11) is 0. The monoisotopic (exact) mass is 370 g/mol. The van der Waals surface area contributed by atoms with Gasteiger partial charge in [-0.2, -0.15) is 0 Å². The summed E-state index contributed by atoms with van der Waals surface area (Å²) in [6.45, 7) is 4.90. The van der Waals surface area contributed by atoms with E-state index in [9.17, 15) is 14.9 Å². The van der Waals surface area contributed by atoms with E-state index >= 15 is 0 Å². The molecule has 3 rings (SSSR count). The summed E-state index contributed by atoms with van der Waals surface area (Å²) < 4.78 is 0. The molecule has 2 N–H and O–H groups in total. The predicted octanol–water partition coefficient (Wildman–Crippen LogP) is 2.36. The van der Waals surface area contributed by atoms with Crippen LogP contribution in [0.2, 0.25) is 0 Å². The van der Waals surface area contributed by atoms with Crippen molar-refractivity contribution in [2.45, 2.75) is 26.7 Å². The molecule has 0 radical (unpaired) electrons. The lowest BCUT2D eigenvalue weighted by atomic mass is 9.95. The van der Waals surface area contributed by atoms with Crippen molar-refractivity contribution in [2.75, 3.05) is 23.4 Å². The zero-order chi connectivity index (χ0) is 19.4. The molecule has 142 valence electrons. The zero-order valence-corrected chi connectivity index (χ0v) is 15.3. The van der Waals surface area contributed by atoms with Gasteiger partial charge in [0.15, 0.2) is 0 Å². The van der Waals surface area contributed by atoms with E-state index < -0.39 is 0 Å². The van der Waals surface area contributed by atoms with Gasteiger partial charge in [0.25, 0.3) is 5.69 Å². The number of hydrogen-bond donors (Lipinski definition) is 2. The van der Waals surface area contributed by atoms with Crippen molar-refractivity contribution in [3.8, 4) is 0 Å². The average molecular weight is 370 g/mol. The lowest BCUT2D eigenvalue weighted by Crippen LogP contribution is -2.42. The number of para-hydroxylation sites is 2. The maximum Gasteiger partial charge on any atom is 0.292 e. The number of rotatable bonds is 5. The van der Waals surface area contributed by atoms with Crippen LogP contribution < -0.4 is 15.8 Å². The van der Waals surface area contributed by atoms with Crippen LogP contribution in [0.3, 0.4) is 0 Å². The van der Waals surface area contributed by atoms with E-state index in [2.05, 4.69) is 20.8 Å². The fraction of sp³-hybridized carbons (Fsp3) is 0.389. The van der Waals surface area contributed by atoms with E-state index in [0.29, 0.717) is 37.6 Å². The van der Waals surface area contributed by atoms with Gasteiger partial charge in [0.2, 0.25) is 11.9 Å². The Labute approximate surface area is 156 Å². The quantitative estimate of drug-likeness (QED) is 0.613. The second-order valence-electron chi connectivity index (χ2n) is 6.60. The number of benzene rings is 1. The van der Waals surface area contributed by atoms with Crippen molar-refractivity contribution in [1.29, 1.82) is 0 Å². The molecular formula is C18H22N6O3. The molecule has 0 unspecified atom stereocenters. The molecule has 9 nitrogen and oxygen atoms in total. The molecule has 2 aromatic rings. The summed E-state index contributed by atoms with van der Waals surface area (Å²) in [6.07, 6.45) is 1.24. The third-order valence-corrected chi connectivity index (χ3v) is 4.56. The molecule has 0 spiro atoms. The molecule has 1 aromatic heterocycles. The van der Waals surface area contributed by atoms with Crippen molar-refractivity contribution in [1.82, 2.24) is 15.4 Å². The van der Waals surface area contributed by atoms with Gasteiger partial charge in [-0.15, -0.1) is 0 Å². The minimum Gasteiger partial charge on any atom is -0.366 e. The van der Waals surface area contributed by atoms with Crippen molar-refractivity contribution in [3.05, 3.63) is 51.8 Å². The van der Waals surface area contributed by atoms with Crippen LogP contribution in [0.1, 0.15) is 24.2 Å². The van der Waals surface area contributed by atoms with E-state index in [1.165, 1.54) is 6.07 Å². The number of nitrogens with zero attached hydrogens (tertiary/aromatic N) is 4. The molecule has 0 atom stereocenters. The molecule has 0 bridgehead atoms. The smallest absolute Gasteiger partial charge is 0.292 e. The van der Waals surface area contributed by atoms with Crippen LogP contribution >= 0.6 is 0 Å². The van der Waals surface area contributed by atoms with Crippen molar-refractivity contribution in [3.63, 3.8) is 0 Å². The lowest BCUT2D eigenvalue weighted by Gasteiger charge is -2.32. The molecule has 1 amide bonds. The Balaban J connectivity index is 1.56. The maximum absolute atomic E-state index is 12.4. The fourth-order valence-electron chi connectivity index (χ4n) is 3.27. The first kappa shape index (κ1) is 18.6. The number of piperidine rings is 1. The third kappa shape index (κ3) is 4.49. The molecule has 0 aliphatic carbocycles. The number of hydrazine groups is 1. The average Bonchev–Trinajstić information content (AvgIpc) is 2.65. The van der Waals surface area contributed by atoms with Gasteiger partial charge in [-0.25, -0.2) is 9.97 Å². The van der Waals surface area contributed by atoms with Gasteiger partial charge in [-0.3, -0.25) is 25.8 Å². The van der Waals surface area contributed by atoms with Crippen LogP contribution in [0.4, 0.5) is 17.3 Å². The van der Waals surface area contributed by atoms with Gasteiger partial charge in [0.1, 0.15) is 5.69 Å². The largest absolute Gasteiger partial charge is 0.366 e. The number of nitro groups is 1. The van der Waals surface area contributed by atoms with Crippen LogP contribution in [0, 0.1) is 29.9 Å². The number of anilines is 2. The van der Waals surface area contributed by atoms with Gasteiger partial charge in [0, 0.05) is 36.5 Å². The van der Waals surface area contributed by atoms with Crippen LogP contribution in [-0.2, 0) is 4.79 Å². The van der Waals surface area contributed by atoms with Gasteiger partial charge in [-0.05, 0) is 38.8 Å². The second-order valence-corrected chi connectivity index (χ2v) is 6.60. The number of nitrogens with one attached hydrogen (secondary N) is 2. The van der Waals surface area contributed by atoms with Crippen molar-refractivity contribution in [2.24, 2.45) is 5.92 Å². The number of nitro benzene ring substituents is 1. The van der Waals surface area contributed by atoms with E-state index in [0.717, 1.165) is 11.4 Å². The highest BCUT2D eigenvalue weighted by Crippen LogP contribution is 2.31. The van der Waals surface area contributed by atoms with Crippen molar-refractivity contribution < 1.29 is 9.72 Å². The SMILES string of the molecule is Cc1cc(C)nc(NNC(=O)C2CCN(c3ccccc3[N+](=O)[O-])CC2)n1. The van der Waals surface area contributed by atoms with E-state index in [-0.39, 0.29) is 22.4 Å². The number of aryl methyl sites for hydroxylation is 2. The Morgan fingerprint density at radius 2 is 1.81 bits per heavy atom. The fourth-order valence-corrected chi connectivity index (χ4v) is 3.27. The molecular weight excluding hydrogens is 348 g/mol. The molecule has 2 heterocycles. The zero-order valence-electron chi connectivity index (χ0n) is 15.3. The normalized spacial score (nSPS) is 14.7. The number of aromatic nitrogens is 2. The summed E-state index contributed by atoms with van der Waals surface area (Å²) >= 11 is 0. The molecule has 1 fully saturated rings. The summed E-state index contributed by atoms with van der Waals surface area (Å²) in [5.74, 6) is 0.0700. The van der Waals surface area contributed by atoms with E-state index in [1.54, 1.807) is 18.2 Å². The highest BCUT2D eigenvalue weighted by atomic mass is 16.6. The first-order valence-electron chi connectivity index (χ1n) is 8.80. The van der Waals surface area contributed by atoms with Gasteiger partial charge >= 0.3 is 0 Å². The summed E-state index contributed by atoms with van der Waals surface area (Å²) in [5.41, 5.74) is 7.76. The molecule has 27 heavy (non-hydrogen) atoms. The molecule has 0 saturated carbocycles. The molecule has 1 saturated heterocycles. The molecule has 1 aliphatic heterocycles. The van der Waals surface area contributed by atoms with E-state index in [1.807, 2.05) is 24.8 Å². The Bertz CT molecular complexity index is 828.